The molecule has 1 heterocycles. The van der Waals surface area contributed by atoms with Crippen molar-refractivity contribution in [2.45, 2.75) is 0 Å². The molecule has 0 aliphatic heterocycles. The van der Waals surface area contributed by atoms with E-state index in [9.17, 15) is 4.79 Å². The van der Waals surface area contributed by atoms with E-state index >= 15 is 0 Å². The molecule has 17 heavy (non-hydrogen) atoms. The van der Waals surface area contributed by atoms with E-state index in [0.29, 0.717) is 11.4 Å². The molecular weight excluding hydrogens is 218 g/mol. The highest BCUT2D eigenvalue weighted by Gasteiger charge is 2.05. The molecule has 5 heteroatoms. The van der Waals surface area contributed by atoms with Crippen molar-refractivity contribution in [3.63, 3.8) is 0 Å². The second-order valence-corrected chi connectivity index (χ2v) is 3.26. The molecule has 0 aliphatic rings. The molecule has 0 fully saturated rings. The van der Waals surface area contributed by atoms with Crippen molar-refractivity contribution in [2.75, 3.05) is 7.11 Å². The number of ether oxygens (including phenoxy) is 1. The van der Waals surface area contributed by atoms with E-state index in [4.69, 9.17) is 10.00 Å². The summed E-state index contributed by atoms with van der Waals surface area (Å²) in [5.41, 5.74) is 0.0619. The molecule has 0 saturated heterocycles. The van der Waals surface area contributed by atoms with Gasteiger partial charge in [0.1, 0.15) is 11.8 Å². The quantitative estimate of drug-likeness (QED) is 0.770. The SMILES string of the molecule is COc1cccc(-n2ccnc(C#N)c2=O)c1. The van der Waals surface area contributed by atoms with Crippen LogP contribution < -0.4 is 10.3 Å². The summed E-state index contributed by atoms with van der Waals surface area (Å²) < 4.78 is 6.43. The van der Waals surface area contributed by atoms with Gasteiger partial charge in [0.15, 0.2) is 0 Å². The molecule has 84 valence electrons. The zero-order valence-corrected chi connectivity index (χ0v) is 9.12. The van der Waals surface area contributed by atoms with E-state index in [0.717, 1.165) is 0 Å². The molecule has 0 bridgehead atoms. The van der Waals surface area contributed by atoms with Gasteiger partial charge in [-0.3, -0.25) is 9.36 Å². The smallest absolute Gasteiger partial charge is 0.291 e. The maximum atomic E-state index is 11.8. The van der Waals surface area contributed by atoms with Gasteiger partial charge in [-0.2, -0.15) is 5.26 Å². The minimum absolute atomic E-state index is 0.129. The Hall–Kier alpha value is -2.61. The number of rotatable bonds is 2. The van der Waals surface area contributed by atoms with E-state index in [2.05, 4.69) is 4.98 Å². The minimum Gasteiger partial charge on any atom is -0.497 e. The van der Waals surface area contributed by atoms with Gasteiger partial charge in [0.05, 0.1) is 12.8 Å². The Morgan fingerprint density at radius 1 is 1.47 bits per heavy atom. The highest BCUT2D eigenvalue weighted by Crippen LogP contribution is 2.14. The highest BCUT2D eigenvalue weighted by atomic mass is 16.5. The van der Waals surface area contributed by atoms with Crippen molar-refractivity contribution >= 4 is 0 Å². The summed E-state index contributed by atoms with van der Waals surface area (Å²) in [4.78, 5) is 15.5. The van der Waals surface area contributed by atoms with Gasteiger partial charge < -0.3 is 4.74 Å². The van der Waals surface area contributed by atoms with Crippen molar-refractivity contribution in [1.29, 1.82) is 5.26 Å². The predicted octanol–water partition coefficient (Wildman–Crippen LogP) is 1.11. The van der Waals surface area contributed by atoms with Crippen molar-refractivity contribution in [1.82, 2.24) is 9.55 Å². The van der Waals surface area contributed by atoms with E-state index < -0.39 is 5.56 Å². The van der Waals surface area contributed by atoms with Gasteiger partial charge in [-0.15, -0.1) is 0 Å². The fraction of sp³-hybridized carbons (Fsp3) is 0.0833. The van der Waals surface area contributed by atoms with Crippen LogP contribution in [0.1, 0.15) is 5.69 Å². The number of nitrogens with zero attached hydrogens (tertiary/aromatic N) is 3. The lowest BCUT2D eigenvalue weighted by atomic mass is 10.3. The zero-order valence-electron chi connectivity index (χ0n) is 9.12. The lowest BCUT2D eigenvalue weighted by molar-refractivity contribution is 0.414. The highest BCUT2D eigenvalue weighted by molar-refractivity contribution is 5.40. The Bertz CT molecular complexity index is 641. The Balaban J connectivity index is 2.61. The van der Waals surface area contributed by atoms with Gasteiger partial charge in [-0.25, -0.2) is 4.98 Å². The molecule has 1 aromatic carbocycles. The first kappa shape index (κ1) is 10.9. The third kappa shape index (κ3) is 2.01. The summed E-state index contributed by atoms with van der Waals surface area (Å²) in [6, 6.07) is 8.77. The first-order chi connectivity index (χ1) is 8.26. The van der Waals surface area contributed by atoms with Gasteiger partial charge in [-0.05, 0) is 12.1 Å². The fourth-order valence-electron chi connectivity index (χ4n) is 1.45. The fourth-order valence-corrected chi connectivity index (χ4v) is 1.45. The molecule has 0 aliphatic carbocycles. The van der Waals surface area contributed by atoms with Crippen LogP contribution >= 0.6 is 0 Å². The molecule has 0 amide bonds. The standard InChI is InChI=1S/C12H9N3O2/c1-17-10-4-2-3-9(7-10)15-6-5-14-11(8-13)12(15)16/h2-7H,1H3. The molecule has 2 rings (SSSR count). The number of aromatic nitrogens is 2. The lowest BCUT2D eigenvalue weighted by Crippen LogP contribution is -2.21. The predicted molar refractivity (Wildman–Crippen MR) is 61.1 cm³/mol. The van der Waals surface area contributed by atoms with Crippen molar-refractivity contribution < 1.29 is 4.74 Å². The maximum Gasteiger partial charge on any atom is 0.291 e. The van der Waals surface area contributed by atoms with Gasteiger partial charge in [0.2, 0.25) is 5.69 Å². The molecule has 1 aromatic heterocycles. The van der Waals surface area contributed by atoms with Crippen LogP contribution in [0.4, 0.5) is 0 Å². The summed E-state index contributed by atoms with van der Waals surface area (Å²) in [7, 11) is 1.55. The number of hydrogen-bond acceptors (Lipinski definition) is 4. The molecule has 0 N–H and O–H groups in total. The van der Waals surface area contributed by atoms with Crippen molar-refractivity contribution in [3.8, 4) is 17.5 Å². The summed E-state index contributed by atoms with van der Waals surface area (Å²) in [5, 5.41) is 8.74. The van der Waals surface area contributed by atoms with Gasteiger partial charge in [0.25, 0.3) is 5.56 Å². The minimum atomic E-state index is -0.441. The lowest BCUT2D eigenvalue weighted by Gasteiger charge is -2.06. The number of methoxy groups -OCH3 is 1. The first-order valence-electron chi connectivity index (χ1n) is 4.88. The first-order valence-corrected chi connectivity index (χ1v) is 4.88. The molecule has 5 nitrogen and oxygen atoms in total. The van der Waals surface area contributed by atoms with Crippen molar-refractivity contribution in [3.05, 3.63) is 52.7 Å². The van der Waals surface area contributed by atoms with Gasteiger partial charge >= 0.3 is 0 Å². The Labute approximate surface area is 97.5 Å². The average Bonchev–Trinajstić information content (AvgIpc) is 2.39. The third-order valence-corrected chi connectivity index (χ3v) is 2.28. The molecular formula is C12H9N3O2. The van der Waals surface area contributed by atoms with Crippen LogP contribution in [0.3, 0.4) is 0 Å². The second-order valence-electron chi connectivity index (χ2n) is 3.26. The summed E-state index contributed by atoms with van der Waals surface area (Å²) >= 11 is 0. The summed E-state index contributed by atoms with van der Waals surface area (Å²) in [6.45, 7) is 0. The monoisotopic (exact) mass is 227 g/mol. The van der Waals surface area contributed by atoms with E-state index in [1.807, 2.05) is 0 Å². The zero-order chi connectivity index (χ0) is 12.3. The van der Waals surface area contributed by atoms with E-state index in [1.54, 1.807) is 37.4 Å². The van der Waals surface area contributed by atoms with Crippen LogP contribution in [0.25, 0.3) is 5.69 Å². The molecule has 2 aromatic rings. The molecule has 0 saturated carbocycles. The molecule has 0 atom stereocenters. The number of hydrogen-bond donors (Lipinski definition) is 0. The van der Waals surface area contributed by atoms with E-state index in [1.165, 1.54) is 17.0 Å². The summed E-state index contributed by atoms with van der Waals surface area (Å²) in [5.74, 6) is 0.643. The summed E-state index contributed by atoms with van der Waals surface area (Å²) in [6.07, 6.45) is 2.93. The van der Waals surface area contributed by atoms with Crippen LogP contribution in [0, 0.1) is 11.3 Å². The Morgan fingerprint density at radius 3 is 3.00 bits per heavy atom. The topological polar surface area (TPSA) is 67.9 Å². The normalized spacial score (nSPS) is 9.65. The Morgan fingerprint density at radius 2 is 2.29 bits per heavy atom. The van der Waals surface area contributed by atoms with Crippen LogP contribution in [-0.2, 0) is 0 Å². The molecule has 0 radical (unpaired) electrons. The van der Waals surface area contributed by atoms with Crippen LogP contribution in [-0.4, -0.2) is 16.7 Å². The van der Waals surface area contributed by atoms with Gasteiger partial charge in [0, 0.05) is 18.5 Å². The van der Waals surface area contributed by atoms with Crippen LogP contribution in [0.5, 0.6) is 5.75 Å². The van der Waals surface area contributed by atoms with Crippen LogP contribution in [0.15, 0.2) is 41.5 Å². The molecule has 0 unspecified atom stereocenters. The largest absolute Gasteiger partial charge is 0.497 e. The maximum absolute atomic E-state index is 11.8. The molecule has 0 spiro atoms. The Kier molecular flexibility index (Phi) is 2.88. The number of benzene rings is 1. The van der Waals surface area contributed by atoms with Crippen LogP contribution in [0.2, 0.25) is 0 Å². The van der Waals surface area contributed by atoms with E-state index in [-0.39, 0.29) is 5.69 Å². The number of nitriles is 1. The van der Waals surface area contributed by atoms with Crippen molar-refractivity contribution in [2.24, 2.45) is 0 Å². The average molecular weight is 227 g/mol. The second kappa shape index (κ2) is 4.49. The van der Waals surface area contributed by atoms with Gasteiger partial charge in [-0.1, -0.05) is 6.07 Å². The third-order valence-electron chi connectivity index (χ3n) is 2.28.